The third-order valence-electron chi connectivity index (χ3n) is 4.67. The minimum Gasteiger partial charge on any atom is -0.378 e. The first-order valence-electron chi connectivity index (χ1n) is 7.27. The summed E-state index contributed by atoms with van der Waals surface area (Å²) in [5, 5.41) is 3.12. The molecule has 0 aromatic heterocycles. The Morgan fingerprint density at radius 3 is 2.67 bits per heavy atom. The number of hydrogen-bond donors (Lipinski definition) is 2. The highest BCUT2D eigenvalue weighted by Gasteiger charge is 2.56. The molecule has 0 aliphatic heterocycles. The minimum absolute atomic E-state index is 0.0279. The van der Waals surface area contributed by atoms with Crippen molar-refractivity contribution in [1.29, 1.82) is 0 Å². The van der Waals surface area contributed by atoms with Gasteiger partial charge in [-0.1, -0.05) is 19.3 Å². The molecule has 2 unspecified atom stereocenters. The summed E-state index contributed by atoms with van der Waals surface area (Å²) in [6.45, 7) is 4.55. The maximum Gasteiger partial charge on any atom is 0.236 e. The van der Waals surface area contributed by atoms with Crippen LogP contribution in [0.4, 0.5) is 0 Å². The minimum atomic E-state index is -0.420. The van der Waals surface area contributed by atoms with Gasteiger partial charge in [-0.3, -0.25) is 4.79 Å². The predicted molar refractivity (Wildman–Crippen MR) is 71.1 cm³/mol. The molecule has 0 aromatic carbocycles. The molecule has 18 heavy (non-hydrogen) atoms. The third-order valence-corrected chi connectivity index (χ3v) is 4.67. The average Bonchev–Trinajstić information content (AvgIpc) is 2.38. The summed E-state index contributed by atoms with van der Waals surface area (Å²) in [7, 11) is 0. The molecule has 0 radical (unpaired) electrons. The van der Waals surface area contributed by atoms with Crippen molar-refractivity contribution in [2.45, 2.75) is 70.6 Å². The van der Waals surface area contributed by atoms with Gasteiger partial charge in [0, 0.05) is 18.1 Å². The number of rotatable bonds is 4. The van der Waals surface area contributed by atoms with Crippen LogP contribution in [0, 0.1) is 5.41 Å². The maximum atomic E-state index is 11.8. The number of amides is 1. The van der Waals surface area contributed by atoms with E-state index < -0.39 is 6.04 Å². The molecule has 0 aromatic rings. The van der Waals surface area contributed by atoms with Gasteiger partial charge in [0.15, 0.2) is 0 Å². The predicted octanol–water partition coefficient (Wildman–Crippen LogP) is 1.58. The number of carbonyl (C=O) groups excluding carboxylic acids is 1. The number of carbonyl (C=O) groups is 1. The second kappa shape index (κ2) is 5.57. The summed E-state index contributed by atoms with van der Waals surface area (Å²) < 4.78 is 5.86. The normalized spacial score (nSPS) is 31.7. The Kier molecular flexibility index (Phi) is 4.28. The fourth-order valence-electron chi connectivity index (χ4n) is 3.57. The van der Waals surface area contributed by atoms with Gasteiger partial charge in [-0.2, -0.15) is 0 Å². The van der Waals surface area contributed by atoms with Crippen LogP contribution in [0.2, 0.25) is 0 Å². The lowest BCUT2D eigenvalue weighted by Gasteiger charge is -2.57. The van der Waals surface area contributed by atoms with Gasteiger partial charge in [-0.05, 0) is 33.1 Å². The number of hydrogen-bond acceptors (Lipinski definition) is 3. The summed E-state index contributed by atoms with van der Waals surface area (Å²) in [5.74, 6) is -0.0279. The highest BCUT2D eigenvalue weighted by atomic mass is 16.5. The molecule has 2 saturated carbocycles. The van der Waals surface area contributed by atoms with E-state index in [1.54, 1.807) is 6.92 Å². The van der Waals surface area contributed by atoms with Crippen molar-refractivity contribution >= 4 is 5.91 Å². The van der Waals surface area contributed by atoms with Gasteiger partial charge in [0.2, 0.25) is 5.91 Å². The third kappa shape index (κ3) is 2.41. The Hall–Kier alpha value is -0.610. The van der Waals surface area contributed by atoms with Crippen LogP contribution < -0.4 is 11.1 Å². The van der Waals surface area contributed by atoms with Crippen molar-refractivity contribution < 1.29 is 9.53 Å². The van der Waals surface area contributed by atoms with Crippen LogP contribution in [0.25, 0.3) is 0 Å². The average molecular weight is 254 g/mol. The molecule has 1 amide bonds. The Labute approximate surface area is 110 Å². The fraction of sp³-hybridized carbons (Fsp3) is 0.929. The molecule has 2 rings (SSSR count). The molecule has 4 nitrogen and oxygen atoms in total. The van der Waals surface area contributed by atoms with Crippen molar-refractivity contribution in [3.05, 3.63) is 0 Å². The lowest BCUT2D eigenvalue weighted by Crippen LogP contribution is -2.66. The quantitative estimate of drug-likeness (QED) is 0.800. The Balaban J connectivity index is 2.01. The molecule has 0 bridgehead atoms. The summed E-state index contributed by atoms with van der Waals surface area (Å²) in [6, 6.07) is -0.148. The van der Waals surface area contributed by atoms with E-state index in [0.29, 0.717) is 6.10 Å². The van der Waals surface area contributed by atoms with E-state index in [-0.39, 0.29) is 17.4 Å². The van der Waals surface area contributed by atoms with E-state index in [1.165, 1.54) is 32.1 Å². The largest absolute Gasteiger partial charge is 0.378 e. The maximum absolute atomic E-state index is 11.8. The van der Waals surface area contributed by atoms with E-state index in [1.807, 2.05) is 6.92 Å². The zero-order valence-corrected chi connectivity index (χ0v) is 11.6. The monoisotopic (exact) mass is 254 g/mol. The molecule has 1 spiro atoms. The van der Waals surface area contributed by atoms with Crippen molar-refractivity contribution in [2.75, 3.05) is 6.61 Å². The van der Waals surface area contributed by atoms with Gasteiger partial charge >= 0.3 is 0 Å². The standard InChI is InChI=1S/C14H26N2O2/c1-3-18-12-9-11(16-13(17)10(2)15)14(12)7-5-4-6-8-14/h10-12H,3-9,15H2,1-2H3,(H,16,17)/t10-,11?,12?/m0/s1. The van der Waals surface area contributed by atoms with Crippen LogP contribution in [0.15, 0.2) is 0 Å². The zero-order chi connectivity index (χ0) is 13.2. The molecular formula is C14H26N2O2. The van der Waals surface area contributed by atoms with Crippen molar-refractivity contribution in [3.63, 3.8) is 0 Å². The van der Waals surface area contributed by atoms with E-state index in [4.69, 9.17) is 10.5 Å². The van der Waals surface area contributed by atoms with Gasteiger partial charge in [0.1, 0.15) is 0 Å². The van der Waals surface area contributed by atoms with Crippen LogP contribution in [-0.4, -0.2) is 30.7 Å². The first-order valence-corrected chi connectivity index (χ1v) is 7.27. The zero-order valence-electron chi connectivity index (χ0n) is 11.6. The topological polar surface area (TPSA) is 64.3 Å². The molecule has 2 aliphatic carbocycles. The van der Waals surface area contributed by atoms with Crippen LogP contribution in [0.3, 0.4) is 0 Å². The molecule has 0 saturated heterocycles. The van der Waals surface area contributed by atoms with Crippen molar-refractivity contribution in [2.24, 2.45) is 11.1 Å². The van der Waals surface area contributed by atoms with E-state index in [9.17, 15) is 4.79 Å². The number of nitrogens with one attached hydrogen (secondary N) is 1. The van der Waals surface area contributed by atoms with Crippen LogP contribution >= 0.6 is 0 Å². The van der Waals surface area contributed by atoms with E-state index in [0.717, 1.165) is 13.0 Å². The molecule has 2 fully saturated rings. The van der Waals surface area contributed by atoms with Crippen LogP contribution in [0.1, 0.15) is 52.4 Å². The molecule has 3 N–H and O–H groups in total. The second-order valence-electron chi connectivity index (χ2n) is 5.82. The molecule has 104 valence electrons. The van der Waals surface area contributed by atoms with Gasteiger partial charge in [0.05, 0.1) is 12.1 Å². The van der Waals surface area contributed by atoms with E-state index in [2.05, 4.69) is 5.32 Å². The number of ether oxygens (including phenoxy) is 1. The second-order valence-corrected chi connectivity index (χ2v) is 5.82. The van der Waals surface area contributed by atoms with Crippen molar-refractivity contribution in [1.82, 2.24) is 5.32 Å². The summed E-state index contributed by atoms with van der Waals surface area (Å²) in [6.07, 6.45) is 7.48. The Morgan fingerprint density at radius 2 is 2.11 bits per heavy atom. The Bertz CT molecular complexity index is 298. The molecule has 2 aliphatic rings. The van der Waals surface area contributed by atoms with Gasteiger partial charge in [-0.25, -0.2) is 0 Å². The summed E-state index contributed by atoms with van der Waals surface area (Å²) in [4.78, 5) is 11.8. The highest BCUT2D eigenvalue weighted by molar-refractivity contribution is 5.81. The van der Waals surface area contributed by atoms with Gasteiger partial charge < -0.3 is 15.8 Å². The highest BCUT2D eigenvalue weighted by Crippen LogP contribution is 2.53. The molecule has 0 heterocycles. The van der Waals surface area contributed by atoms with Crippen LogP contribution in [-0.2, 0) is 9.53 Å². The van der Waals surface area contributed by atoms with Crippen LogP contribution in [0.5, 0.6) is 0 Å². The summed E-state index contributed by atoms with van der Waals surface area (Å²) >= 11 is 0. The SMILES string of the molecule is CCOC1CC(NC(=O)[C@H](C)N)C12CCCCC2. The van der Waals surface area contributed by atoms with Crippen molar-refractivity contribution in [3.8, 4) is 0 Å². The lowest BCUT2D eigenvalue weighted by atomic mass is 9.55. The molecular weight excluding hydrogens is 228 g/mol. The fourth-order valence-corrected chi connectivity index (χ4v) is 3.57. The first-order chi connectivity index (χ1) is 8.60. The summed E-state index contributed by atoms with van der Waals surface area (Å²) in [5.41, 5.74) is 5.82. The van der Waals surface area contributed by atoms with Gasteiger partial charge in [-0.15, -0.1) is 0 Å². The lowest BCUT2D eigenvalue weighted by molar-refractivity contribution is -0.157. The Morgan fingerprint density at radius 1 is 1.44 bits per heavy atom. The number of nitrogens with two attached hydrogens (primary N) is 1. The molecule has 3 atom stereocenters. The van der Waals surface area contributed by atoms with Gasteiger partial charge in [0.25, 0.3) is 0 Å². The smallest absolute Gasteiger partial charge is 0.236 e. The first kappa shape index (κ1) is 13.8. The molecule has 4 heteroatoms. The van der Waals surface area contributed by atoms with E-state index >= 15 is 0 Å².